The molecule has 16 heavy (non-hydrogen) atoms. The first-order valence-electron chi connectivity index (χ1n) is 5.62. The minimum absolute atomic E-state index is 0.0400. The van der Waals surface area contributed by atoms with Crippen LogP contribution in [0.2, 0.25) is 0 Å². The lowest BCUT2D eigenvalue weighted by Gasteiger charge is -2.21. The van der Waals surface area contributed by atoms with Gasteiger partial charge in [-0.25, -0.2) is 9.50 Å². The molecular formula is C12H13N3O. The average Bonchev–Trinajstić information content (AvgIpc) is 2.56. The summed E-state index contributed by atoms with van der Waals surface area (Å²) in [5.41, 5.74) is 1.34. The predicted octanol–water partition coefficient (Wildman–Crippen LogP) is 2.20. The number of carbonyl (C=O) groups excluding carboxylic acids is 1. The van der Waals surface area contributed by atoms with Gasteiger partial charge in [-0.3, -0.25) is 4.79 Å². The first-order valence-corrected chi connectivity index (χ1v) is 5.62. The lowest BCUT2D eigenvalue weighted by Crippen LogP contribution is -2.10. The summed E-state index contributed by atoms with van der Waals surface area (Å²) >= 11 is 0. The molecular weight excluding hydrogens is 202 g/mol. The summed E-state index contributed by atoms with van der Waals surface area (Å²) in [6.45, 7) is 1.56. The number of nitrogens with zero attached hydrogens (tertiary/aromatic N) is 3. The zero-order chi connectivity index (χ0) is 11.1. The van der Waals surface area contributed by atoms with Gasteiger partial charge in [0.1, 0.15) is 0 Å². The van der Waals surface area contributed by atoms with Crippen molar-refractivity contribution in [2.75, 3.05) is 0 Å². The molecule has 2 aromatic rings. The maximum absolute atomic E-state index is 11.4. The minimum Gasteiger partial charge on any atom is -0.294 e. The molecule has 2 heterocycles. The summed E-state index contributed by atoms with van der Waals surface area (Å²) in [5, 5.41) is 4.43. The standard InChI is InChI=1S/C12H13N3O/c1-8(16)10-6-3-7-15-12(10)13-11(14-15)9-4-2-5-9/h3,6-7,9H,2,4-5H2,1H3. The highest BCUT2D eigenvalue weighted by atomic mass is 16.1. The molecule has 0 radical (unpaired) electrons. The molecule has 0 bridgehead atoms. The van der Waals surface area contributed by atoms with Gasteiger partial charge in [-0.1, -0.05) is 6.42 Å². The van der Waals surface area contributed by atoms with E-state index >= 15 is 0 Å². The van der Waals surface area contributed by atoms with Gasteiger partial charge in [0.2, 0.25) is 0 Å². The Morgan fingerprint density at radius 3 is 2.94 bits per heavy atom. The average molecular weight is 215 g/mol. The Bertz CT molecular complexity index is 554. The molecule has 3 rings (SSSR count). The largest absolute Gasteiger partial charge is 0.294 e. The molecule has 1 saturated carbocycles. The maximum atomic E-state index is 11.4. The molecule has 4 nitrogen and oxygen atoms in total. The van der Waals surface area contributed by atoms with Crippen LogP contribution in [0.4, 0.5) is 0 Å². The van der Waals surface area contributed by atoms with Crippen molar-refractivity contribution in [3.8, 4) is 0 Å². The van der Waals surface area contributed by atoms with Crippen LogP contribution in [0.15, 0.2) is 18.3 Å². The van der Waals surface area contributed by atoms with Crippen LogP contribution in [0, 0.1) is 0 Å². The molecule has 0 amide bonds. The number of hydrogen-bond donors (Lipinski definition) is 0. The first kappa shape index (κ1) is 9.51. The number of pyridine rings is 1. The van der Waals surface area contributed by atoms with Gasteiger partial charge < -0.3 is 0 Å². The summed E-state index contributed by atoms with van der Waals surface area (Å²) in [6, 6.07) is 3.64. The van der Waals surface area contributed by atoms with Crippen LogP contribution < -0.4 is 0 Å². The van der Waals surface area contributed by atoms with Crippen LogP contribution in [-0.4, -0.2) is 20.4 Å². The number of carbonyl (C=O) groups is 1. The van der Waals surface area contributed by atoms with Gasteiger partial charge in [0, 0.05) is 12.1 Å². The van der Waals surface area contributed by atoms with Gasteiger partial charge in [0.15, 0.2) is 17.3 Å². The molecule has 4 heteroatoms. The Balaban J connectivity index is 2.15. The molecule has 0 aliphatic heterocycles. The van der Waals surface area contributed by atoms with Crippen molar-refractivity contribution in [1.82, 2.24) is 14.6 Å². The fourth-order valence-electron chi connectivity index (χ4n) is 2.04. The number of aromatic nitrogens is 3. The molecule has 1 aliphatic rings. The Hall–Kier alpha value is -1.71. The van der Waals surface area contributed by atoms with Gasteiger partial charge >= 0.3 is 0 Å². The van der Waals surface area contributed by atoms with E-state index in [9.17, 15) is 4.79 Å². The number of ketones is 1. The molecule has 0 N–H and O–H groups in total. The molecule has 0 unspecified atom stereocenters. The van der Waals surface area contributed by atoms with Gasteiger partial charge in [-0.15, -0.1) is 0 Å². The second-order valence-corrected chi connectivity index (χ2v) is 4.34. The smallest absolute Gasteiger partial charge is 0.166 e. The van der Waals surface area contributed by atoms with Crippen molar-refractivity contribution < 1.29 is 4.79 Å². The minimum atomic E-state index is 0.0400. The van der Waals surface area contributed by atoms with E-state index in [2.05, 4.69) is 10.1 Å². The summed E-state index contributed by atoms with van der Waals surface area (Å²) in [5.74, 6) is 1.43. The Morgan fingerprint density at radius 1 is 1.50 bits per heavy atom. The highest BCUT2D eigenvalue weighted by Gasteiger charge is 2.24. The van der Waals surface area contributed by atoms with E-state index in [0.29, 0.717) is 17.1 Å². The summed E-state index contributed by atoms with van der Waals surface area (Å²) in [6.07, 6.45) is 5.45. The van der Waals surface area contributed by atoms with Crippen LogP contribution in [0.1, 0.15) is 48.3 Å². The van der Waals surface area contributed by atoms with Crippen molar-refractivity contribution in [3.05, 3.63) is 29.7 Å². The van der Waals surface area contributed by atoms with Crippen LogP contribution in [0.3, 0.4) is 0 Å². The highest BCUT2D eigenvalue weighted by molar-refractivity contribution is 5.99. The molecule has 0 saturated heterocycles. The fourth-order valence-corrected chi connectivity index (χ4v) is 2.04. The van der Waals surface area contributed by atoms with Crippen LogP contribution in [0.25, 0.3) is 5.65 Å². The Kier molecular flexibility index (Phi) is 2.02. The summed E-state index contributed by atoms with van der Waals surface area (Å²) in [7, 11) is 0. The second-order valence-electron chi connectivity index (χ2n) is 4.34. The lowest BCUT2D eigenvalue weighted by molar-refractivity contribution is 0.101. The molecule has 0 atom stereocenters. The van der Waals surface area contributed by atoms with Crippen molar-refractivity contribution >= 4 is 11.4 Å². The fraction of sp³-hybridized carbons (Fsp3) is 0.417. The quantitative estimate of drug-likeness (QED) is 0.721. The predicted molar refractivity (Wildman–Crippen MR) is 59.6 cm³/mol. The van der Waals surface area contributed by atoms with Crippen molar-refractivity contribution in [2.24, 2.45) is 0 Å². The van der Waals surface area contributed by atoms with E-state index in [-0.39, 0.29) is 5.78 Å². The lowest BCUT2D eigenvalue weighted by atomic mass is 9.85. The second kappa shape index (κ2) is 3.40. The van der Waals surface area contributed by atoms with Gasteiger partial charge in [0.25, 0.3) is 0 Å². The van der Waals surface area contributed by atoms with E-state index in [1.165, 1.54) is 19.3 Å². The van der Waals surface area contributed by atoms with Gasteiger partial charge in [0.05, 0.1) is 5.56 Å². The highest BCUT2D eigenvalue weighted by Crippen LogP contribution is 2.34. The van der Waals surface area contributed by atoms with Crippen molar-refractivity contribution in [2.45, 2.75) is 32.1 Å². The van der Waals surface area contributed by atoms with Crippen LogP contribution in [0.5, 0.6) is 0 Å². The first-order chi connectivity index (χ1) is 7.75. The molecule has 1 aliphatic carbocycles. The molecule has 0 spiro atoms. The van der Waals surface area contributed by atoms with Gasteiger partial charge in [-0.05, 0) is 31.9 Å². The van der Waals surface area contributed by atoms with Crippen molar-refractivity contribution in [1.29, 1.82) is 0 Å². The van der Waals surface area contributed by atoms with E-state index in [4.69, 9.17) is 0 Å². The topological polar surface area (TPSA) is 47.3 Å². The monoisotopic (exact) mass is 215 g/mol. The maximum Gasteiger partial charge on any atom is 0.166 e. The number of rotatable bonds is 2. The zero-order valence-corrected chi connectivity index (χ0v) is 9.18. The number of Topliss-reactive ketones (excluding diaryl/α,β-unsaturated/α-hetero) is 1. The van der Waals surface area contributed by atoms with E-state index in [1.807, 2.05) is 12.3 Å². The number of hydrogen-bond acceptors (Lipinski definition) is 3. The molecule has 2 aromatic heterocycles. The SMILES string of the molecule is CC(=O)c1cccn2nc(C3CCC3)nc12. The van der Waals surface area contributed by atoms with E-state index < -0.39 is 0 Å². The Labute approximate surface area is 93.3 Å². The van der Waals surface area contributed by atoms with E-state index in [0.717, 1.165) is 5.82 Å². The van der Waals surface area contributed by atoms with Gasteiger partial charge in [-0.2, -0.15) is 5.10 Å². The third kappa shape index (κ3) is 1.33. The summed E-state index contributed by atoms with van der Waals surface area (Å²) < 4.78 is 1.71. The zero-order valence-electron chi connectivity index (χ0n) is 9.18. The van der Waals surface area contributed by atoms with Crippen LogP contribution in [-0.2, 0) is 0 Å². The molecule has 0 aromatic carbocycles. The Morgan fingerprint density at radius 2 is 2.31 bits per heavy atom. The molecule has 82 valence electrons. The normalized spacial score (nSPS) is 16.3. The van der Waals surface area contributed by atoms with Crippen molar-refractivity contribution in [3.63, 3.8) is 0 Å². The van der Waals surface area contributed by atoms with Crippen LogP contribution >= 0.6 is 0 Å². The third-order valence-corrected chi connectivity index (χ3v) is 3.23. The summed E-state index contributed by atoms with van der Waals surface area (Å²) in [4.78, 5) is 15.9. The molecule has 1 fully saturated rings. The third-order valence-electron chi connectivity index (χ3n) is 3.23. The van der Waals surface area contributed by atoms with E-state index in [1.54, 1.807) is 17.5 Å². The number of fused-ring (bicyclic) bond motifs is 1.